The molecule has 0 aliphatic rings. The van der Waals surface area contributed by atoms with Crippen molar-refractivity contribution in [3.8, 4) is 0 Å². The van der Waals surface area contributed by atoms with Crippen LogP contribution in [0.15, 0.2) is 11.8 Å². The normalized spacial score (nSPS) is 11.6. The van der Waals surface area contributed by atoms with E-state index < -0.39 is 0 Å². The lowest BCUT2D eigenvalue weighted by Crippen LogP contribution is -1.91. The van der Waals surface area contributed by atoms with E-state index in [4.69, 9.17) is 0 Å². The second-order valence-electron chi connectivity index (χ2n) is 3.33. The fourth-order valence-corrected chi connectivity index (χ4v) is 1.65. The van der Waals surface area contributed by atoms with Gasteiger partial charge in [0.1, 0.15) is 0 Å². The van der Waals surface area contributed by atoms with Crippen LogP contribution in [-0.2, 0) is 0 Å². The van der Waals surface area contributed by atoms with Crippen molar-refractivity contribution in [2.24, 2.45) is 0 Å². The predicted octanol–water partition coefficient (Wildman–Crippen LogP) is 3.81. The Morgan fingerprint density at radius 3 is 2.36 bits per heavy atom. The van der Waals surface area contributed by atoms with Gasteiger partial charge in [-0.1, -0.05) is 45.4 Å². The van der Waals surface area contributed by atoms with Crippen molar-refractivity contribution in [3.05, 3.63) is 11.8 Å². The van der Waals surface area contributed by atoms with Crippen LogP contribution in [0.3, 0.4) is 0 Å². The van der Waals surface area contributed by atoms with Crippen LogP contribution in [0.25, 0.3) is 0 Å². The minimum Gasteiger partial charge on any atom is -0.101 e. The Labute approximate surface area is 73.3 Å². The molecule has 0 amide bonds. The van der Waals surface area contributed by atoms with Gasteiger partial charge in [0.05, 0.1) is 8.80 Å². The number of hydrogen-bond acceptors (Lipinski definition) is 0. The zero-order valence-corrected chi connectivity index (χ0v) is 9.19. The molecule has 0 aromatic carbocycles. The highest BCUT2D eigenvalue weighted by molar-refractivity contribution is 6.61. The van der Waals surface area contributed by atoms with Gasteiger partial charge in [-0.05, 0) is 12.8 Å². The van der Waals surface area contributed by atoms with E-state index in [1.807, 2.05) is 0 Å². The molecule has 0 heterocycles. The molecule has 0 unspecified atom stereocenters. The molecule has 0 rings (SSSR count). The average Bonchev–Trinajstić information content (AvgIpc) is 1.96. The Balaban J connectivity index is 3.01. The Hall–Kier alpha value is -0.0431. The topological polar surface area (TPSA) is 0 Å². The van der Waals surface area contributed by atoms with Crippen LogP contribution in [0.5, 0.6) is 0 Å². The molecule has 0 saturated carbocycles. The summed E-state index contributed by atoms with van der Waals surface area (Å²) in [6, 6.07) is 0. The predicted molar refractivity (Wildman–Crippen MR) is 55.4 cm³/mol. The van der Waals surface area contributed by atoms with Crippen LogP contribution < -0.4 is 0 Å². The third-order valence-electron chi connectivity index (χ3n) is 1.68. The maximum Gasteiger partial charge on any atom is 0.0688 e. The van der Waals surface area contributed by atoms with E-state index in [0.29, 0.717) is 0 Å². The Kier molecular flexibility index (Phi) is 8.03. The van der Waals surface area contributed by atoms with Gasteiger partial charge in [-0.3, -0.25) is 0 Å². The first-order chi connectivity index (χ1) is 5.27. The first kappa shape index (κ1) is 11.0. The van der Waals surface area contributed by atoms with Gasteiger partial charge in [-0.25, -0.2) is 0 Å². The fraction of sp³-hybridized carbons (Fsp3) is 0.800. The molecule has 0 atom stereocenters. The third-order valence-corrected chi connectivity index (χ3v) is 2.58. The highest BCUT2D eigenvalue weighted by atomic mass is 28.3. The summed E-state index contributed by atoms with van der Waals surface area (Å²) in [5.74, 6) is 0. The van der Waals surface area contributed by atoms with Gasteiger partial charge in [-0.2, -0.15) is 0 Å². The van der Waals surface area contributed by atoms with E-state index >= 15 is 0 Å². The SMILES string of the molecule is CCCCCC/C=C/[Si](C)C. The quantitative estimate of drug-likeness (QED) is 0.419. The number of allylic oxidation sites excluding steroid dienone is 1. The number of hydrogen-bond donors (Lipinski definition) is 0. The molecule has 65 valence electrons. The summed E-state index contributed by atoms with van der Waals surface area (Å²) in [6.07, 6.45) is 9.22. The van der Waals surface area contributed by atoms with Crippen molar-refractivity contribution in [1.29, 1.82) is 0 Å². The van der Waals surface area contributed by atoms with Crippen LogP contribution in [0.1, 0.15) is 39.0 Å². The van der Waals surface area contributed by atoms with Gasteiger partial charge < -0.3 is 0 Å². The Bertz CT molecular complexity index is 95.0. The molecule has 0 bridgehead atoms. The van der Waals surface area contributed by atoms with Crippen LogP contribution in [0, 0.1) is 0 Å². The second-order valence-corrected chi connectivity index (χ2v) is 5.82. The van der Waals surface area contributed by atoms with Crippen molar-refractivity contribution in [2.45, 2.75) is 52.1 Å². The van der Waals surface area contributed by atoms with E-state index in [1.165, 1.54) is 32.1 Å². The molecule has 0 aliphatic heterocycles. The lowest BCUT2D eigenvalue weighted by Gasteiger charge is -1.94. The maximum absolute atomic E-state index is 2.40. The minimum atomic E-state index is -0.108. The summed E-state index contributed by atoms with van der Waals surface area (Å²) in [6.45, 7) is 6.91. The van der Waals surface area contributed by atoms with Crippen molar-refractivity contribution >= 4 is 8.80 Å². The van der Waals surface area contributed by atoms with Crippen LogP contribution >= 0.6 is 0 Å². The zero-order valence-electron chi connectivity index (χ0n) is 8.19. The zero-order chi connectivity index (χ0) is 8.53. The van der Waals surface area contributed by atoms with Crippen LogP contribution in [-0.4, -0.2) is 8.80 Å². The summed E-state index contributed by atoms with van der Waals surface area (Å²) in [5, 5.41) is 0. The molecular formula is C10H21Si. The van der Waals surface area contributed by atoms with Gasteiger partial charge in [-0.15, -0.1) is 5.70 Å². The Morgan fingerprint density at radius 1 is 1.09 bits per heavy atom. The molecule has 0 spiro atoms. The molecule has 0 saturated heterocycles. The first-order valence-electron chi connectivity index (χ1n) is 4.74. The van der Waals surface area contributed by atoms with Gasteiger partial charge >= 0.3 is 0 Å². The minimum absolute atomic E-state index is 0.108. The van der Waals surface area contributed by atoms with Gasteiger partial charge in [0, 0.05) is 0 Å². The molecule has 0 N–H and O–H groups in total. The highest BCUT2D eigenvalue weighted by Gasteiger charge is 1.86. The largest absolute Gasteiger partial charge is 0.101 e. The van der Waals surface area contributed by atoms with E-state index in [2.05, 4.69) is 31.8 Å². The smallest absolute Gasteiger partial charge is 0.0688 e. The number of rotatable bonds is 6. The van der Waals surface area contributed by atoms with Crippen molar-refractivity contribution < 1.29 is 0 Å². The molecular weight excluding hydrogens is 148 g/mol. The molecule has 1 radical (unpaired) electrons. The average molecular weight is 169 g/mol. The second kappa shape index (κ2) is 8.06. The summed E-state index contributed by atoms with van der Waals surface area (Å²) >= 11 is 0. The van der Waals surface area contributed by atoms with Crippen molar-refractivity contribution in [1.82, 2.24) is 0 Å². The summed E-state index contributed by atoms with van der Waals surface area (Å²) in [5.41, 5.74) is 2.40. The monoisotopic (exact) mass is 169 g/mol. The highest BCUT2D eigenvalue weighted by Crippen LogP contribution is 2.02. The van der Waals surface area contributed by atoms with E-state index in [1.54, 1.807) is 0 Å². The van der Waals surface area contributed by atoms with Crippen molar-refractivity contribution in [3.63, 3.8) is 0 Å². The van der Waals surface area contributed by atoms with Gasteiger partial charge in [0.15, 0.2) is 0 Å². The lowest BCUT2D eigenvalue weighted by atomic mass is 10.2. The molecule has 11 heavy (non-hydrogen) atoms. The molecule has 1 heteroatoms. The standard InChI is InChI=1S/C10H21Si/c1-4-5-6-7-8-9-10-11(2)3/h9-10H,4-8H2,1-3H3/b10-9+. The molecule has 0 aromatic heterocycles. The molecule has 0 nitrogen and oxygen atoms in total. The van der Waals surface area contributed by atoms with E-state index in [9.17, 15) is 0 Å². The van der Waals surface area contributed by atoms with E-state index in [0.717, 1.165) is 0 Å². The summed E-state index contributed by atoms with van der Waals surface area (Å²) in [7, 11) is -0.108. The maximum atomic E-state index is 2.40. The summed E-state index contributed by atoms with van der Waals surface area (Å²) < 4.78 is 0. The molecule has 0 fully saturated rings. The Morgan fingerprint density at radius 2 is 1.82 bits per heavy atom. The van der Waals surface area contributed by atoms with Crippen molar-refractivity contribution in [2.75, 3.05) is 0 Å². The molecule has 0 aliphatic carbocycles. The third kappa shape index (κ3) is 9.96. The first-order valence-corrected chi connectivity index (χ1v) is 7.31. The van der Waals surface area contributed by atoms with Gasteiger partial charge in [0.25, 0.3) is 0 Å². The van der Waals surface area contributed by atoms with Crippen LogP contribution in [0.2, 0.25) is 13.1 Å². The summed E-state index contributed by atoms with van der Waals surface area (Å²) in [4.78, 5) is 0. The van der Waals surface area contributed by atoms with Gasteiger partial charge in [0.2, 0.25) is 0 Å². The number of unbranched alkanes of at least 4 members (excludes halogenated alkanes) is 4. The van der Waals surface area contributed by atoms with Crippen LogP contribution in [0.4, 0.5) is 0 Å². The lowest BCUT2D eigenvalue weighted by molar-refractivity contribution is 0.674. The fourth-order valence-electron chi connectivity index (χ4n) is 1.01. The molecule has 0 aromatic rings. The van der Waals surface area contributed by atoms with E-state index in [-0.39, 0.29) is 8.80 Å².